The first-order chi connectivity index (χ1) is 3.91. The molecule has 2 nitrogen and oxygen atoms in total. The van der Waals surface area contributed by atoms with E-state index in [1.54, 1.807) is 12.2 Å². The van der Waals surface area contributed by atoms with Gasteiger partial charge < -0.3 is 4.84 Å². The van der Waals surface area contributed by atoms with Crippen molar-refractivity contribution in [3.63, 3.8) is 0 Å². The van der Waals surface area contributed by atoms with E-state index in [0.717, 1.165) is 0 Å². The number of nitrogens with zero attached hydrogens (tertiary/aromatic N) is 1. The van der Waals surface area contributed by atoms with E-state index in [4.69, 9.17) is 0 Å². The summed E-state index contributed by atoms with van der Waals surface area (Å²) >= 11 is 0. The van der Waals surface area contributed by atoms with Gasteiger partial charge in [0, 0.05) is 0 Å². The zero-order valence-electron chi connectivity index (χ0n) is 4.71. The van der Waals surface area contributed by atoms with E-state index in [9.17, 15) is 0 Å². The molecule has 0 amide bonds. The molecule has 0 aliphatic rings. The van der Waals surface area contributed by atoms with Crippen LogP contribution in [0.3, 0.4) is 0 Å². The van der Waals surface area contributed by atoms with Gasteiger partial charge in [0.2, 0.25) is 0 Å². The van der Waals surface area contributed by atoms with Crippen LogP contribution in [-0.4, -0.2) is 12.8 Å². The predicted molar refractivity (Wildman–Crippen MR) is 34.8 cm³/mol. The summed E-state index contributed by atoms with van der Waals surface area (Å²) in [5, 5.41) is 3.47. The molecular weight excluding hydrogens is 102 g/mol. The zero-order valence-corrected chi connectivity index (χ0v) is 4.71. The van der Waals surface area contributed by atoms with Crippen molar-refractivity contribution in [2.24, 2.45) is 5.16 Å². The third-order valence-corrected chi connectivity index (χ3v) is 0.433. The molecule has 0 aromatic carbocycles. The van der Waals surface area contributed by atoms with Crippen LogP contribution in [0.4, 0.5) is 0 Å². The monoisotopic (exact) mass is 111 g/mol. The van der Waals surface area contributed by atoms with Gasteiger partial charge in [-0.3, -0.25) is 0 Å². The topological polar surface area (TPSA) is 21.6 Å². The molecule has 0 heterocycles. The van der Waals surface area contributed by atoms with Gasteiger partial charge in [-0.05, 0) is 6.08 Å². The fourth-order valence-electron chi connectivity index (χ4n) is 0.182. The summed E-state index contributed by atoms with van der Waals surface area (Å²) in [6.45, 7) is 7.29. The molecule has 0 N–H and O–H groups in total. The van der Waals surface area contributed by atoms with E-state index in [2.05, 4.69) is 23.2 Å². The quantitative estimate of drug-likeness (QED) is 0.232. The molecule has 0 aliphatic carbocycles. The molecule has 0 radical (unpaired) electrons. The van der Waals surface area contributed by atoms with Crippen LogP contribution in [0, 0.1) is 0 Å². The molecule has 0 bridgehead atoms. The molecule has 8 heavy (non-hydrogen) atoms. The van der Waals surface area contributed by atoms with E-state index < -0.39 is 0 Å². The predicted octanol–water partition coefficient (Wildman–Crippen LogP) is 1.36. The average molecular weight is 111 g/mol. The SMILES string of the molecule is C=CC=NOCC=C. The highest BCUT2D eigenvalue weighted by Crippen LogP contribution is 1.72. The van der Waals surface area contributed by atoms with Gasteiger partial charge in [-0.15, -0.1) is 0 Å². The van der Waals surface area contributed by atoms with E-state index in [1.807, 2.05) is 0 Å². The van der Waals surface area contributed by atoms with E-state index >= 15 is 0 Å². The molecule has 0 aromatic heterocycles. The normalized spacial score (nSPS) is 9.00. The molecule has 0 aliphatic heterocycles. The first-order valence-electron chi connectivity index (χ1n) is 2.29. The maximum absolute atomic E-state index is 4.60. The van der Waals surface area contributed by atoms with Crippen molar-refractivity contribution in [1.29, 1.82) is 0 Å². The highest BCUT2D eigenvalue weighted by Gasteiger charge is 1.66. The largest absolute Gasteiger partial charge is 0.392 e. The minimum atomic E-state index is 0.449. The number of allylic oxidation sites excluding steroid dienone is 1. The molecule has 0 fully saturated rings. The van der Waals surface area contributed by atoms with Crippen molar-refractivity contribution in [2.45, 2.75) is 0 Å². The molecule has 0 rings (SSSR count). The van der Waals surface area contributed by atoms with Crippen LogP contribution in [-0.2, 0) is 4.84 Å². The second-order valence-electron chi connectivity index (χ2n) is 1.07. The van der Waals surface area contributed by atoms with E-state index in [-0.39, 0.29) is 0 Å². The number of rotatable bonds is 4. The van der Waals surface area contributed by atoms with E-state index in [1.165, 1.54) is 6.21 Å². The fourth-order valence-corrected chi connectivity index (χ4v) is 0.182. The Bertz CT molecular complexity index is 96.7. The van der Waals surface area contributed by atoms with Crippen LogP contribution in [0.15, 0.2) is 30.5 Å². The van der Waals surface area contributed by atoms with Crippen LogP contribution in [0.1, 0.15) is 0 Å². The van der Waals surface area contributed by atoms with Crippen molar-refractivity contribution < 1.29 is 4.84 Å². The lowest BCUT2D eigenvalue weighted by atomic mass is 10.7. The van der Waals surface area contributed by atoms with Crippen molar-refractivity contribution in [1.82, 2.24) is 0 Å². The Kier molecular flexibility index (Phi) is 5.17. The third kappa shape index (κ3) is 4.95. The van der Waals surface area contributed by atoms with Gasteiger partial charge in [0.05, 0.1) is 6.21 Å². The van der Waals surface area contributed by atoms with Gasteiger partial charge >= 0.3 is 0 Å². The van der Waals surface area contributed by atoms with Gasteiger partial charge in [0.15, 0.2) is 0 Å². The summed E-state index contributed by atoms with van der Waals surface area (Å²) in [5.74, 6) is 0. The van der Waals surface area contributed by atoms with Crippen molar-refractivity contribution in [2.75, 3.05) is 6.61 Å². The molecule has 44 valence electrons. The second kappa shape index (κ2) is 5.95. The highest BCUT2D eigenvalue weighted by molar-refractivity contribution is 5.69. The molecule has 2 heteroatoms. The first kappa shape index (κ1) is 6.95. The summed E-state index contributed by atoms with van der Waals surface area (Å²) in [5.41, 5.74) is 0. The molecule has 0 unspecified atom stereocenters. The number of hydrogen-bond donors (Lipinski definition) is 0. The van der Waals surface area contributed by atoms with Crippen LogP contribution >= 0.6 is 0 Å². The van der Waals surface area contributed by atoms with Crippen LogP contribution in [0.5, 0.6) is 0 Å². The Hall–Kier alpha value is -1.05. The Morgan fingerprint density at radius 1 is 1.50 bits per heavy atom. The minimum Gasteiger partial charge on any atom is -0.392 e. The smallest absolute Gasteiger partial charge is 0.135 e. The van der Waals surface area contributed by atoms with Crippen molar-refractivity contribution >= 4 is 6.21 Å². The minimum absolute atomic E-state index is 0.449. The van der Waals surface area contributed by atoms with E-state index in [0.29, 0.717) is 6.61 Å². The molecule has 0 saturated carbocycles. The lowest BCUT2D eigenvalue weighted by Crippen LogP contribution is -1.78. The van der Waals surface area contributed by atoms with Gasteiger partial charge in [0.1, 0.15) is 6.61 Å². The average Bonchev–Trinajstić information content (AvgIpc) is 1.81. The maximum atomic E-state index is 4.60. The first-order valence-corrected chi connectivity index (χ1v) is 2.29. The van der Waals surface area contributed by atoms with Gasteiger partial charge in [-0.2, -0.15) is 0 Å². The molecule has 0 atom stereocenters. The molecular formula is C6H9NO. The summed E-state index contributed by atoms with van der Waals surface area (Å²) < 4.78 is 0. The number of hydrogen-bond acceptors (Lipinski definition) is 2. The Morgan fingerprint density at radius 2 is 2.25 bits per heavy atom. The molecule has 0 saturated heterocycles. The summed E-state index contributed by atoms with van der Waals surface area (Å²) in [4.78, 5) is 4.60. The van der Waals surface area contributed by atoms with Gasteiger partial charge in [0.25, 0.3) is 0 Å². The van der Waals surface area contributed by atoms with Crippen molar-refractivity contribution in [3.8, 4) is 0 Å². The Morgan fingerprint density at radius 3 is 2.75 bits per heavy atom. The van der Waals surface area contributed by atoms with Gasteiger partial charge in [-0.25, -0.2) is 0 Å². The van der Waals surface area contributed by atoms with Crippen LogP contribution < -0.4 is 0 Å². The fraction of sp³-hybridized carbons (Fsp3) is 0.167. The standard InChI is InChI=1S/C6H9NO/c1-3-5-7-8-6-4-2/h3-5H,1-2,6H2. The van der Waals surface area contributed by atoms with Crippen molar-refractivity contribution in [3.05, 3.63) is 25.3 Å². The highest BCUT2D eigenvalue weighted by atomic mass is 16.6. The third-order valence-electron chi connectivity index (χ3n) is 0.433. The van der Waals surface area contributed by atoms with Gasteiger partial charge in [-0.1, -0.05) is 24.4 Å². The maximum Gasteiger partial charge on any atom is 0.135 e. The number of oxime groups is 1. The zero-order chi connectivity index (χ0) is 6.24. The second-order valence-corrected chi connectivity index (χ2v) is 1.07. The Labute approximate surface area is 49.1 Å². The lowest BCUT2D eigenvalue weighted by Gasteiger charge is -1.86. The van der Waals surface area contributed by atoms with Crippen LogP contribution in [0.2, 0.25) is 0 Å². The Balaban J connectivity index is 3.02. The molecule has 0 aromatic rings. The summed E-state index contributed by atoms with van der Waals surface area (Å²) in [6, 6.07) is 0. The van der Waals surface area contributed by atoms with Crippen LogP contribution in [0.25, 0.3) is 0 Å². The summed E-state index contributed by atoms with van der Waals surface area (Å²) in [6.07, 6.45) is 4.65. The summed E-state index contributed by atoms with van der Waals surface area (Å²) in [7, 11) is 0. The lowest BCUT2D eigenvalue weighted by molar-refractivity contribution is 0.177. The molecule has 0 spiro atoms.